The van der Waals surface area contributed by atoms with Crippen molar-refractivity contribution in [1.29, 1.82) is 0 Å². The third kappa shape index (κ3) is 7.38. The summed E-state index contributed by atoms with van der Waals surface area (Å²) in [4.78, 5) is 28.4. The fourth-order valence-electron chi connectivity index (χ4n) is 6.27. The molecule has 4 saturated heterocycles. The number of carbonyl (C=O) groups excluding carboxylic acids is 2. The van der Waals surface area contributed by atoms with Gasteiger partial charge in [0.25, 0.3) is 0 Å². The van der Waals surface area contributed by atoms with Gasteiger partial charge >= 0.3 is 12.2 Å². The molecule has 0 unspecified atom stereocenters. The molecule has 5 rings (SSSR count). The Balaban J connectivity index is 0.000000207. The normalized spacial score (nSPS) is 31.1. The maximum absolute atomic E-state index is 12.7. The average Bonchev–Trinajstić information content (AvgIpc) is 3.30. The summed E-state index contributed by atoms with van der Waals surface area (Å²) in [7, 11) is 6.22. The smallest absolute Gasteiger partial charge is 0.410 e. The summed E-state index contributed by atoms with van der Waals surface area (Å²) in [5, 5.41) is 0. The van der Waals surface area contributed by atoms with Gasteiger partial charge in [0.2, 0.25) is 11.6 Å². The molecule has 12 heteroatoms. The Morgan fingerprint density at radius 3 is 1.47 bits per heavy atom. The maximum atomic E-state index is 12.7. The molecule has 12 nitrogen and oxygen atoms in total. The molecule has 1 saturated carbocycles. The molecule has 0 spiro atoms. The molecule has 2 amide bonds. The van der Waals surface area contributed by atoms with Crippen molar-refractivity contribution in [2.75, 3.05) is 54.7 Å². The molecule has 5 aliphatic rings. The SMILES string of the molecule is C#C[C@@H]1CN(C(=O)OC(C)(C)C)[C@H]2[C@@H]1OCC2(OC)OC.COC1(OC)CO[C@@H]2[C@H](C#CC3CC3)CN(C(=O)OC(C)(C)C)[C@@H]21. The van der Waals surface area contributed by atoms with Crippen LogP contribution in [0.25, 0.3) is 0 Å². The van der Waals surface area contributed by atoms with Gasteiger partial charge in [0, 0.05) is 47.4 Å². The number of terminal acetylenes is 1. The van der Waals surface area contributed by atoms with E-state index in [1.807, 2.05) is 41.5 Å². The minimum Gasteiger partial charge on any atom is -0.444 e. The highest BCUT2D eigenvalue weighted by Crippen LogP contribution is 2.43. The highest BCUT2D eigenvalue weighted by Gasteiger charge is 2.63. The van der Waals surface area contributed by atoms with E-state index in [-0.39, 0.29) is 49.4 Å². The van der Waals surface area contributed by atoms with Crippen molar-refractivity contribution >= 4 is 12.2 Å². The van der Waals surface area contributed by atoms with Gasteiger partial charge in [0.1, 0.15) is 36.5 Å². The molecular formula is C33H50N2O10. The highest BCUT2D eigenvalue weighted by molar-refractivity contribution is 5.70. The number of hydrogen-bond donors (Lipinski definition) is 0. The second-order valence-electron chi connectivity index (χ2n) is 14.1. The number of rotatable bonds is 4. The summed E-state index contributed by atoms with van der Waals surface area (Å²) in [6.07, 6.45) is 6.57. The predicted octanol–water partition coefficient (Wildman–Crippen LogP) is 3.27. The Hall–Kier alpha value is -2.58. The van der Waals surface area contributed by atoms with Gasteiger partial charge < -0.3 is 37.9 Å². The van der Waals surface area contributed by atoms with Crippen LogP contribution in [0.3, 0.4) is 0 Å². The molecule has 4 heterocycles. The molecule has 0 bridgehead atoms. The van der Waals surface area contributed by atoms with Crippen LogP contribution in [0.2, 0.25) is 0 Å². The molecule has 5 fully saturated rings. The Morgan fingerprint density at radius 1 is 0.711 bits per heavy atom. The summed E-state index contributed by atoms with van der Waals surface area (Å²) >= 11 is 0. The van der Waals surface area contributed by atoms with E-state index in [4.69, 9.17) is 44.3 Å². The van der Waals surface area contributed by atoms with Crippen LogP contribution < -0.4 is 0 Å². The Bertz CT molecular complexity index is 1180. The fourth-order valence-corrected chi connectivity index (χ4v) is 6.27. The third-order valence-electron chi connectivity index (χ3n) is 8.63. The van der Waals surface area contributed by atoms with Crippen LogP contribution in [-0.4, -0.2) is 124 Å². The first-order chi connectivity index (χ1) is 21.1. The van der Waals surface area contributed by atoms with Crippen molar-refractivity contribution in [2.45, 2.75) is 101 Å². The minimum absolute atomic E-state index is 0.0460. The van der Waals surface area contributed by atoms with E-state index in [2.05, 4.69) is 17.8 Å². The number of hydrogen-bond acceptors (Lipinski definition) is 10. The van der Waals surface area contributed by atoms with Crippen LogP contribution in [0.15, 0.2) is 0 Å². The number of fused-ring (bicyclic) bond motifs is 2. The zero-order chi connectivity index (χ0) is 33.4. The number of likely N-dealkylation sites (tertiary alicyclic amines) is 2. The maximum Gasteiger partial charge on any atom is 0.410 e. The van der Waals surface area contributed by atoms with Crippen molar-refractivity contribution in [3.63, 3.8) is 0 Å². The van der Waals surface area contributed by atoms with Crippen molar-refractivity contribution < 1.29 is 47.5 Å². The van der Waals surface area contributed by atoms with E-state index in [0.717, 1.165) is 0 Å². The lowest BCUT2D eigenvalue weighted by Gasteiger charge is -2.36. The van der Waals surface area contributed by atoms with E-state index in [9.17, 15) is 9.59 Å². The monoisotopic (exact) mass is 634 g/mol. The Labute approximate surface area is 267 Å². The van der Waals surface area contributed by atoms with E-state index in [1.165, 1.54) is 27.1 Å². The van der Waals surface area contributed by atoms with Gasteiger partial charge in [0.05, 0.1) is 24.0 Å². The van der Waals surface area contributed by atoms with Gasteiger partial charge in [-0.05, 0) is 54.4 Å². The molecule has 4 aliphatic heterocycles. The van der Waals surface area contributed by atoms with E-state index in [1.54, 1.807) is 24.0 Å². The second-order valence-corrected chi connectivity index (χ2v) is 14.1. The summed E-state index contributed by atoms with van der Waals surface area (Å²) in [6.45, 7) is 12.4. The molecule has 0 N–H and O–H groups in total. The first-order valence-electron chi connectivity index (χ1n) is 15.5. The highest BCUT2D eigenvalue weighted by atomic mass is 16.7. The van der Waals surface area contributed by atoms with Crippen LogP contribution in [0, 0.1) is 41.9 Å². The van der Waals surface area contributed by atoms with Crippen LogP contribution in [-0.2, 0) is 37.9 Å². The van der Waals surface area contributed by atoms with Gasteiger partial charge in [-0.15, -0.1) is 6.42 Å². The van der Waals surface area contributed by atoms with E-state index in [0.29, 0.717) is 19.0 Å². The van der Waals surface area contributed by atoms with Gasteiger partial charge in [0.15, 0.2) is 0 Å². The lowest BCUT2D eigenvalue weighted by molar-refractivity contribution is -0.224. The summed E-state index contributed by atoms with van der Waals surface area (Å²) in [6, 6.07) is -0.774. The average molecular weight is 635 g/mol. The van der Waals surface area contributed by atoms with E-state index >= 15 is 0 Å². The van der Waals surface area contributed by atoms with Gasteiger partial charge in [-0.3, -0.25) is 9.80 Å². The molecule has 6 atom stereocenters. The predicted molar refractivity (Wildman–Crippen MR) is 163 cm³/mol. The molecule has 0 radical (unpaired) electrons. The van der Waals surface area contributed by atoms with Crippen LogP contribution in [0.4, 0.5) is 9.59 Å². The summed E-state index contributed by atoms with van der Waals surface area (Å²) in [5.74, 6) is 7.57. The minimum atomic E-state index is -1.01. The summed E-state index contributed by atoms with van der Waals surface area (Å²) < 4.78 is 45.0. The number of amides is 2. The van der Waals surface area contributed by atoms with Crippen LogP contribution in [0.5, 0.6) is 0 Å². The number of methoxy groups -OCH3 is 4. The van der Waals surface area contributed by atoms with Crippen molar-refractivity contribution in [2.24, 2.45) is 17.8 Å². The quantitative estimate of drug-likeness (QED) is 0.337. The summed E-state index contributed by atoms with van der Waals surface area (Å²) in [5.41, 5.74) is -1.14. The molecule has 1 aliphatic carbocycles. The van der Waals surface area contributed by atoms with Crippen molar-refractivity contribution in [3.05, 3.63) is 0 Å². The largest absolute Gasteiger partial charge is 0.444 e. The van der Waals surface area contributed by atoms with Crippen LogP contribution in [0.1, 0.15) is 54.4 Å². The Morgan fingerprint density at radius 2 is 1.11 bits per heavy atom. The van der Waals surface area contributed by atoms with Crippen LogP contribution >= 0.6 is 0 Å². The first kappa shape index (κ1) is 35.3. The fraction of sp³-hybridized carbons (Fsp3) is 0.818. The second kappa shape index (κ2) is 13.3. The van der Waals surface area contributed by atoms with Crippen molar-refractivity contribution in [1.82, 2.24) is 9.80 Å². The third-order valence-corrected chi connectivity index (χ3v) is 8.63. The van der Waals surface area contributed by atoms with E-state index < -0.39 is 34.9 Å². The Kier molecular flexibility index (Phi) is 10.4. The topological polar surface area (TPSA) is 114 Å². The standard InChI is InChI=1S/C18H27NO5.C15H23NO5/c1-17(2,3)24-16(20)19-10-13(9-8-12-6-7-12)14-15(19)18(21-4,22-5)11-23-14;1-7-10-8-16(13(17)21-14(2,3)4)12-11(10)20-9-15(12,18-5)19-6/h12-15H,6-7,10-11H2,1-5H3;1,10-12H,8-9H2,2-6H3/t13-,14-,15+;10-,11-,12+/m11/s1. The van der Waals surface area contributed by atoms with Crippen molar-refractivity contribution in [3.8, 4) is 24.2 Å². The number of carbonyl (C=O) groups is 2. The molecular weight excluding hydrogens is 584 g/mol. The molecule has 45 heavy (non-hydrogen) atoms. The zero-order valence-electron chi connectivity index (χ0n) is 28.3. The molecule has 0 aromatic rings. The zero-order valence-corrected chi connectivity index (χ0v) is 28.3. The lowest BCUT2D eigenvalue weighted by atomic mass is 9.99. The van der Waals surface area contributed by atoms with Gasteiger partial charge in [-0.2, -0.15) is 0 Å². The molecule has 0 aromatic heterocycles. The lowest BCUT2D eigenvalue weighted by Crippen LogP contribution is -2.55. The first-order valence-corrected chi connectivity index (χ1v) is 15.5. The number of ether oxygens (including phenoxy) is 8. The molecule has 252 valence electrons. The van der Waals surface area contributed by atoms with Gasteiger partial charge in [-0.25, -0.2) is 9.59 Å². The number of nitrogens with zero attached hydrogens (tertiary/aromatic N) is 2. The van der Waals surface area contributed by atoms with Gasteiger partial charge in [-0.1, -0.05) is 17.8 Å². The molecule has 0 aromatic carbocycles.